The van der Waals surface area contributed by atoms with E-state index in [1.165, 1.54) is 17.3 Å². The summed E-state index contributed by atoms with van der Waals surface area (Å²) in [6.07, 6.45) is 1.86. The molecule has 3 aromatic rings. The first-order valence-electron chi connectivity index (χ1n) is 11.3. The van der Waals surface area contributed by atoms with Crippen LogP contribution in [0.15, 0.2) is 76.6 Å². The first-order valence-corrected chi connectivity index (χ1v) is 12.1. The van der Waals surface area contributed by atoms with Gasteiger partial charge in [0.25, 0.3) is 5.91 Å². The lowest BCUT2D eigenvalue weighted by Gasteiger charge is -2.12. The van der Waals surface area contributed by atoms with E-state index in [2.05, 4.69) is 24.0 Å². The Balaban J connectivity index is 1.52. The number of amidine groups is 1. The number of likely N-dealkylation sites (N-methyl/N-ethyl adjacent to an activating group) is 1. The maximum atomic E-state index is 13.0. The molecule has 1 fully saturated rings. The Morgan fingerprint density at radius 2 is 1.69 bits per heavy atom. The van der Waals surface area contributed by atoms with Crippen LogP contribution in [0.1, 0.15) is 23.6 Å². The maximum Gasteiger partial charge on any atom is 0.266 e. The summed E-state index contributed by atoms with van der Waals surface area (Å²) in [5.74, 6) is 1.96. The van der Waals surface area contributed by atoms with E-state index in [1.54, 1.807) is 19.1 Å². The molecule has 0 radical (unpaired) electrons. The highest BCUT2D eigenvalue weighted by Crippen LogP contribution is 2.36. The number of thioether (sulfide) groups is 1. The van der Waals surface area contributed by atoms with Crippen molar-refractivity contribution in [3.05, 3.63) is 88.3 Å². The second-order valence-corrected chi connectivity index (χ2v) is 8.95. The first-order chi connectivity index (χ1) is 17.0. The lowest BCUT2D eigenvalue weighted by Crippen LogP contribution is -2.28. The van der Waals surface area contributed by atoms with Gasteiger partial charge in [-0.25, -0.2) is 4.99 Å². The summed E-state index contributed by atoms with van der Waals surface area (Å²) in [6, 6.07) is 21.3. The molecule has 1 heterocycles. The van der Waals surface area contributed by atoms with Crippen LogP contribution in [0.2, 0.25) is 0 Å². The number of carbonyl (C=O) groups is 1. The number of hydrogen-bond donors (Lipinski definition) is 0. The predicted octanol–water partition coefficient (Wildman–Crippen LogP) is 6.22. The number of rotatable bonds is 8. The summed E-state index contributed by atoms with van der Waals surface area (Å²) in [6.45, 7) is 4.98. The number of amides is 1. The zero-order valence-electron chi connectivity index (χ0n) is 20.3. The standard InChI is InChI=1S/C28H28N2O4S/c1-5-30-27(31)26(35-28(30)29-22-11-13-23(32-3)14-12-22)17-21-10-15-24(25(16-21)33-4)34-18-20-8-6-19(2)7-9-20/h6-17H,5,18H2,1-4H3/b26-17+,29-28?. The summed E-state index contributed by atoms with van der Waals surface area (Å²) in [5.41, 5.74) is 3.90. The van der Waals surface area contributed by atoms with Crippen LogP contribution < -0.4 is 14.2 Å². The molecule has 0 atom stereocenters. The Hall–Kier alpha value is -3.71. The van der Waals surface area contributed by atoms with Gasteiger partial charge in [0.2, 0.25) is 0 Å². The summed E-state index contributed by atoms with van der Waals surface area (Å²) < 4.78 is 16.7. The molecule has 1 aliphatic rings. The summed E-state index contributed by atoms with van der Waals surface area (Å²) in [4.78, 5) is 20.0. The summed E-state index contributed by atoms with van der Waals surface area (Å²) in [5, 5.41) is 0.652. The molecule has 0 saturated carbocycles. The van der Waals surface area contributed by atoms with Gasteiger partial charge < -0.3 is 14.2 Å². The minimum atomic E-state index is -0.0663. The van der Waals surface area contributed by atoms with Crippen molar-refractivity contribution >= 4 is 34.6 Å². The van der Waals surface area contributed by atoms with Crippen LogP contribution >= 0.6 is 11.8 Å². The number of hydrogen-bond acceptors (Lipinski definition) is 6. The monoisotopic (exact) mass is 488 g/mol. The molecule has 7 heteroatoms. The number of carbonyl (C=O) groups excluding carboxylic acids is 1. The highest BCUT2D eigenvalue weighted by atomic mass is 32.2. The zero-order chi connectivity index (χ0) is 24.8. The van der Waals surface area contributed by atoms with Crippen LogP contribution in [-0.2, 0) is 11.4 Å². The molecule has 6 nitrogen and oxygen atoms in total. The largest absolute Gasteiger partial charge is 0.497 e. The number of aryl methyl sites for hydroxylation is 1. The molecule has 1 saturated heterocycles. The third-order valence-corrected chi connectivity index (χ3v) is 6.51. The number of ether oxygens (including phenoxy) is 3. The number of methoxy groups -OCH3 is 2. The van der Waals surface area contributed by atoms with Crippen molar-refractivity contribution in [2.75, 3.05) is 20.8 Å². The van der Waals surface area contributed by atoms with Gasteiger partial charge in [-0.3, -0.25) is 9.69 Å². The van der Waals surface area contributed by atoms with E-state index in [0.717, 1.165) is 22.6 Å². The van der Waals surface area contributed by atoms with Gasteiger partial charge in [0.1, 0.15) is 12.4 Å². The van der Waals surface area contributed by atoms with Crippen LogP contribution in [0.25, 0.3) is 6.08 Å². The average Bonchev–Trinajstić information content (AvgIpc) is 3.17. The zero-order valence-corrected chi connectivity index (χ0v) is 21.1. The summed E-state index contributed by atoms with van der Waals surface area (Å²) >= 11 is 1.36. The Labute approximate surface area is 210 Å². The molecule has 1 aliphatic heterocycles. The molecule has 0 unspecified atom stereocenters. The topological polar surface area (TPSA) is 60.4 Å². The van der Waals surface area contributed by atoms with E-state index in [1.807, 2.05) is 67.6 Å². The van der Waals surface area contributed by atoms with E-state index >= 15 is 0 Å². The van der Waals surface area contributed by atoms with Crippen molar-refractivity contribution in [1.29, 1.82) is 0 Å². The highest BCUT2D eigenvalue weighted by molar-refractivity contribution is 8.18. The van der Waals surface area contributed by atoms with Gasteiger partial charge in [-0.1, -0.05) is 35.9 Å². The molecule has 0 aliphatic carbocycles. The van der Waals surface area contributed by atoms with Gasteiger partial charge in [-0.15, -0.1) is 0 Å². The molecule has 0 bridgehead atoms. The third kappa shape index (κ3) is 5.87. The van der Waals surface area contributed by atoms with Gasteiger partial charge in [0.15, 0.2) is 16.7 Å². The Morgan fingerprint density at radius 1 is 0.943 bits per heavy atom. The number of benzene rings is 3. The van der Waals surface area contributed by atoms with E-state index in [9.17, 15) is 4.79 Å². The van der Waals surface area contributed by atoms with Crippen LogP contribution in [0, 0.1) is 6.92 Å². The van der Waals surface area contributed by atoms with Crippen molar-refractivity contribution < 1.29 is 19.0 Å². The highest BCUT2D eigenvalue weighted by Gasteiger charge is 2.32. The van der Waals surface area contributed by atoms with Gasteiger partial charge in [0.05, 0.1) is 24.8 Å². The SMILES string of the molecule is CCN1C(=O)/C(=C\c2ccc(OCc3ccc(C)cc3)c(OC)c2)SC1=Nc1ccc(OC)cc1. The van der Waals surface area contributed by atoms with Crippen molar-refractivity contribution in [2.24, 2.45) is 4.99 Å². The number of nitrogens with zero attached hydrogens (tertiary/aromatic N) is 2. The molecule has 0 N–H and O–H groups in total. The van der Waals surface area contributed by atoms with E-state index in [0.29, 0.717) is 34.7 Å². The normalized spacial score (nSPS) is 15.7. The smallest absolute Gasteiger partial charge is 0.266 e. The predicted molar refractivity (Wildman–Crippen MR) is 142 cm³/mol. The second kappa shape index (κ2) is 11.1. The lowest BCUT2D eigenvalue weighted by atomic mass is 10.1. The molecular weight excluding hydrogens is 460 g/mol. The Bertz CT molecular complexity index is 1250. The van der Waals surface area contributed by atoms with Crippen molar-refractivity contribution in [2.45, 2.75) is 20.5 Å². The van der Waals surface area contributed by atoms with Crippen LogP contribution in [-0.4, -0.2) is 36.7 Å². The Kier molecular flexibility index (Phi) is 7.77. The fourth-order valence-corrected chi connectivity index (χ4v) is 4.59. The van der Waals surface area contributed by atoms with Crippen molar-refractivity contribution in [1.82, 2.24) is 4.90 Å². The molecule has 3 aromatic carbocycles. The molecule has 180 valence electrons. The molecule has 0 spiro atoms. The second-order valence-electron chi connectivity index (χ2n) is 7.94. The lowest BCUT2D eigenvalue weighted by molar-refractivity contribution is -0.122. The minimum absolute atomic E-state index is 0.0663. The van der Waals surface area contributed by atoms with E-state index < -0.39 is 0 Å². The molecule has 0 aromatic heterocycles. The van der Waals surface area contributed by atoms with Gasteiger partial charge in [-0.05, 0) is 79.2 Å². The maximum absolute atomic E-state index is 13.0. The fourth-order valence-electron chi connectivity index (χ4n) is 3.53. The molecule has 4 rings (SSSR count). The van der Waals surface area contributed by atoms with Crippen molar-refractivity contribution in [3.8, 4) is 17.2 Å². The first kappa shape index (κ1) is 24.4. The minimum Gasteiger partial charge on any atom is -0.497 e. The van der Waals surface area contributed by atoms with Crippen molar-refractivity contribution in [3.63, 3.8) is 0 Å². The van der Waals surface area contributed by atoms with E-state index in [-0.39, 0.29) is 5.91 Å². The number of aliphatic imine (C=N–C) groups is 1. The van der Waals surface area contributed by atoms with Crippen LogP contribution in [0.4, 0.5) is 5.69 Å². The van der Waals surface area contributed by atoms with Crippen LogP contribution in [0.5, 0.6) is 17.2 Å². The molecule has 35 heavy (non-hydrogen) atoms. The molecular formula is C28H28N2O4S. The average molecular weight is 489 g/mol. The fraction of sp³-hybridized carbons (Fsp3) is 0.214. The Morgan fingerprint density at radius 3 is 2.34 bits per heavy atom. The van der Waals surface area contributed by atoms with Gasteiger partial charge >= 0.3 is 0 Å². The van der Waals surface area contributed by atoms with E-state index in [4.69, 9.17) is 14.2 Å². The van der Waals surface area contributed by atoms with Gasteiger partial charge in [0, 0.05) is 6.54 Å². The quantitative estimate of drug-likeness (QED) is 0.353. The summed E-state index contributed by atoms with van der Waals surface area (Å²) in [7, 11) is 3.24. The van der Waals surface area contributed by atoms with Gasteiger partial charge in [-0.2, -0.15) is 0 Å². The van der Waals surface area contributed by atoms with Crippen LogP contribution in [0.3, 0.4) is 0 Å². The third-order valence-electron chi connectivity index (χ3n) is 5.50. The molecule has 1 amide bonds.